The van der Waals surface area contributed by atoms with Crippen LogP contribution in [0.1, 0.15) is 24.2 Å². The van der Waals surface area contributed by atoms with Crippen LogP contribution in [0.25, 0.3) is 5.69 Å². The zero-order valence-corrected chi connectivity index (χ0v) is 13.4. The predicted octanol–water partition coefficient (Wildman–Crippen LogP) is 2.04. The lowest BCUT2D eigenvalue weighted by Gasteiger charge is -2.15. The zero-order valence-electron chi connectivity index (χ0n) is 12.6. The second kappa shape index (κ2) is 6.87. The van der Waals surface area contributed by atoms with E-state index >= 15 is 0 Å². The summed E-state index contributed by atoms with van der Waals surface area (Å²) in [6.45, 7) is 0. The molecule has 0 saturated heterocycles. The third-order valence-electron chi connectivity index (χ3n) is 3.71. The first-order chi connectivity index (χ1) is 11.1. The van der Waals surface area contributed by atoms with E-state index in [0.29, 0.717) is 0 Å². The summed E-state index contributed by atoms with van der Waals surface area (Å²) in [6, 6.07) is 9.17. The number of para-hydroxylation sites is 1. The monoisotopic (exact) mass is 330 g/mol. The van der Waals surface area contributed by atoms with Gasteiger partial charge in [-0.1, -0.05) is 30.0 Å². The Morgan fingerprint density at radius 1 is 1.22 bits per heavy atom. The maximum absolute atomic E-state index is 11.6. The average molecular weight is 330 g/mol. The van der Waals surface area contributed by atoms with Crippen LogP contribution in [0, 0.1) is 0 Å². The Hall–Kier alpha value is -2.28. The molecule has 0 bridgehead atoms. The number of carbonyl (C=O) groups is 2. The number of carbonyl (C=O) groups excluding carboxylic acids is 2. The summed E-state index contributed by atoms with van der Waals surface area (Å²) >= 11 is 1.32. The van der Waals surface area contributed by atoms with Gasteiger partial charge >= 0.3 is 6.03 Å². The minimum Gasteiger partial charge on any atom is -0.351 e. The number of nitrogens with one attached hydrogen (secondary N) is 1. The summed E-state index contributed by atoms with van der Waals surface area (Å²) in [7, 11) is 0. The van der Waals surface area contributed by atoms with Gasteiger partial charge in [0.25, 0.3) is 0 Å². The van der Waals surface area contributed by atoms with Crippen molar-refractivity contribution in [3.05, 3.63) is 41.7 Å². The number of fused-ring (bicyclic) bond motifs is 1. The van der Waals surface area contributed by atoms with Gasteiger partial charge in [-0.3, -0.25) is 14.7 Å². The number of nitrogens with zero attached hydrogens (tertiary/aromatic N) is 2. The molecule has 3 amide bonds. The summed E-state index contributed by atoms with van der Waals surface area (Å²) in [5.74, 6) is -0.311. The van der Waals surface area contributed by atoms with E-state index in [1.807, 2.05) is 30.3 Å². The molecule has 0 saturated carbocycles. The summed E-state index contributed by atoms with van der Waals surface area (Å²) < 4.78 is 2.12. The first-order valence-corrected chi connectivity index (χ1v) is 8.51. The number of imidazole rings is 1. The molecule has 1 aliphatic rings. The first-order valence-electron chi connectivity index (χ1n) is 7.53. The van der Waals surface area contributed by atoms with Crippen molar-refractivity contribution in [3.63, 3.8) is 0 Å². The van der Waals surface area contributed by atoms with Crippen molar-refractivity contribution in [2.24, 2.45) is 5.73 Å². The molecule has 0 unspecified atom stereocenters. The van der Waals surface area contributed by atoms with Gasteiger partial charge in [0, 0.05) is 11.4 Å². The van der Waals surface area contributed by atoms with E-state index in [9.17, 15) is 9.59 Å². The Kier molecular flexibility index (Phi) is 4.66. The first kappa shape index (κ1) is 15.6. The molecule has 120 valence electrons. The number of thioether (sulfide) groups is 1. The lowest BCUT2D eigenvalue weighted by atomic mass is 10.0. The Morgan fingerprint density at radius 2 is 1.96 bits per heavy atom. The fraction of sp³-hybridized carbons (Fsp3) is 0.312. The number of imide groups is 1. The summed E-state index contributed by atoms with van der Waals surface area (Å²) in [6.07, 6.45) is 4.25. The molecule has 3 rings (SSSR count). The van der Waals surface area contributed by atoms with Gasteiger partial charge < -0.3 is 5.73 Å². The largest absolute Gasteiger partial charge is 0.351 e. The highest BCUT2D eigenvalue weighted by Gasteiger charge is 2.21. The highest BCUT2D eigenvalue weighted by atomic mass is 32.2. The number of aryl methyl sites for hydroxylation is 1. The molecular formula is C16H18N4O2S. The maximum Gasteiger partial charge on any atom is 0.318 e. The van der Waals surface area contributed by atoms with E-state index in [0.717, 1.165) is 42.2 Å². The molecule has 1 heterocycles. The number of amides is 3. The van der Waals surface area contributed by atoms with Gasteiger partial charge in [-0.15, -0.1) is 0 Å². The summed E-state index contributed by atoms with van der Waals surface area (Å²) in [5, 5.41) is 2.86. The molecule has 3 N–H and O–H groups in total. The van der Waals surface area contributed by atoms with Crippen molar-refractivity contribution in [1.29, 1.82) is 0 Å². The van der Waals surface area contributed by atoms with Gasteiger partial charge in [-0.2, -0.15) is 0 Å². The number of aromatic nitrogens is 2. The SMILES string of the molecule is NC(=O)NC(=O)CSc1nc2c(n1-c1ccccc1)CCCC2. The molecule has 0 radical (unpaired) electrons. The van der Waals surface area contributed by atoms with Crippen LogP contribution in [0.4, 0.5) is 4.79 Å². The standard InChI is InChI=1S/C16H18N4O2S/c17-15(22)19-14(21)10-23-16-18-12-8-4-5-9-13(12)20(16)11-6-2-1-3-7-11/h1-3,6-7H,4-5,8-10H2,(H3,17,19,21,22). The minimum absolute atomic E-state index is 0.103. The predicted molar refractivity (Wildman–Crippen MR) is 88.7 cm³/mol. The molecule has 6 nitrogen and oxygen atoms in total. The Labute approximate surface area is 138 Å². The van der Waals surface area contributed by atoms with Crippen molar-refractivity contribution in [2.75, 3.05) is 5.75 Å². The summed E-state index contributed by atoms with van der Waals surface area (Å²) in [5.41, 5.74) is 8.34. The van der Waals surface area contributed by atoms with Gasteiger partial charge in [0.15, 0.2) is 5.16 Å². The van der Waals surface area contributed by atoms with Crippen LogP contribution < -0.4 is 11.1 Å². The zero-order chi connectivity index (χ0) is 16.2. The molecule has 0 atom stereocenters. The van der Waals surface area contributed by atoms with Gasteiger partial charge in [-0.05, 0) is 37.8 Å². The molecular weight excluding hydrogens is 312 g/mol. The van der Waals surface area contributed by atoms with E-state index in [1.165, 1.54) is 17.5 Å². The van der Waals surface area contributed by atoms with Gasteiger partial charge in [-0.25, -0.2) is 9.78 Å². The number of hydrogen-bond acceptors (Lipinski definition) is 4. The van der Waals surface area contributed by atoms with Gasteiger partial charge in [0.05, 0.1) is 11.4 Å². The smallest absolute Gasteiger partial charge is 0.318 e. The Balaban J connectivity index is 1.89. The van der Waals surface area contributed by atoms with Crippen LogP contribution in [-0.2, 0) is 17.6 Å². The quantitative estimate of drug-likeness (QED) is 0.840. The second-order valence-electron chi connectivity index (χ2n) is 5.37. The fourth-order valence-corrected chi connectivity index (χ4v) is 3.61. The van der Waals surface area contributed by atoms with E-state index in [1.54, 1.807) is 0 Å². The van der Waals surface area contributed by atoms with E-state index in [4.69, 9.17) is 10.7 Å². The van der Waals surface area contributed by atoms with E-state index < -0.39 is 11.9 Å². The molecule has 0 spiro atoms. The number of benzene rings is 1. The van der Waals surface area contributed by atoms with Crippen molar-refractivity contribution in [2.45, 2.75) is 30.8 Å². The average Bonchev–Trinajstić information content (AvgIpc) is 2.91. The van der Waals surface area contributed by atoms with Crippen LogP contribution in [0.15, 0.2) is 35.5 Å². The molecule has 2 aromatic rings. The fourth-order valence-electron chi connectivity index (χ4n) is 2.76. The van der Waals surface area contributed by atoms with Gasteiger partial charge in [0.1, 0.15) is 0 Å². The topological polar surface area (TPSA) is 90.0 Å². The number of rotatable bonds is 4. The molecule has 0 aliphatic heterocycles. The lowest BCUT2D eigenvalue weighted by Crippen LogP contribution is -2.36. The highest BCUT2D eigenvalue weighted by Crippen LogP contribution is 2.30. The molecule has 23 heavy (non-hydrogen) atoms. The Bertz CT molecular complexity index is 727. The molecule has 1 aromatic carbocycles. The van der Waals surface area contributed by atoms with Crippen molar-refractivity contribution in [3.8, 4) is 5.69 Å². The normalized spacial score (nSPS) is 13.4. The van der Waals surface area contributed by atoms with E-state index in [-0.39, 0.29) is 5.75 Å². The molecule has 1 aromatic heterocycles. The van der Waals surface area contributed by atoms with Crippen LogP contribution >= 0.6 is 11.8 Å². The minimum atomic E-state index is -0.832. The number of hydrogen-bond donors (Lipinski definition) is 2. The number of urea groups is 1. The van der Waals surface area contributed by atoms with Crippen LogP contribution in [-0.4, -0.2) is 27.2 Å². The van der Waals surface area contributed by atoms with Crippen LogP contribution in [0.5, 0.6) is 0 Å². The Morgan fingerprint density at radius 3 is 2.70 bits per heavy atom. The third kappa shape index (κ3) is 3.56. The lowest BCUT2D eigenvalue weighted by molar-refractivity contribution is -0.117. The van der Waals surface area contributed by atoms with Crippen LogP contribution in [0.3, 0.4) is 0 Å². The molecule has 1 aliphatic carbocycles. The van der Waals surface area contributed by atoms with Crippen LogP contribution in [0.2, 0.25) is 0 Å². The van der Waals surface area contributed by atoms with Gasteiger partial charge in [0.2, 0.25) is 5.91 Å². The van der Waals surface area contributed by atoms with Crippen molar-refractivity contribution < 1.29 is 9.59 Å². The second-order valence-corrected chi connectivity index (χ2v) is 6.31. The molecule has 0 fully saturated rings. The summed E-state index contributed by atoms with van der Waals surface area (Å²) in [4.78, 5) is 27.1. The highest BCUT2D eigenvalue weighted by molar-refractivity contribution is 7.99. The van der Waals surface area contributed by atoms with E-state index in [2.05, 4.69) is 9.88 Å². The van der Waals surface area contributed by atoms with Crippen molar-refractivity contribution in [1.82, 2.24) is 14.9 Å². The molecule has 7 heteroatoms. The maximum atomic E-state index is 11.6. The van der Waals surface area contributed by atoms with Crippen molar-refractivity contribution >= 4 is 23.7 Å². The number of primary amides is 1. The number of nitrogens with two attached hydrogens (primary N) is 1. The third-order valence-corrected chi connectivity index (χ3v) is 4.65.